The van der Waals surface area contributed by atoms with Gasteiger partial charge in [0.05, 0.1) is 0 Å². The smallest absolute Gasteiger partial charge is 0.223 e. The van der Waals surface area contributed by atoms with Crippen LogP contribution in [0, 0.1) is 5.92 Å². The molecule has 1 fully saturated rings. The normalized spacial score (nSPS) is 15.7. The second kappa shape index (κ2) is 6.93. The van der Waals surface area contributed by atoms with E-state index in [4.69, 9.17) is 11.6 Å². The van der Waals surface area contributed by atoms with Crippen LogP contribution < -0.4 is 5.32 Å². The number of amides is 1. The van der Waals surface area contributed by atoms with Crippen LogP contribution in [0.5, 0.6) is 0 Å². The summed E-state index contributed by atoms with van der Waals surface area (Å²) in [5, 5.41) is 5.06. The monoisotopic (exact) mass is 352 g/mol. The number of fused-ring (bicyclic) bond motifs is 1. The van der Waals surface area contributed by atoms with Crippen molar-refractivity contribution < 1.29 is 4.79 Å². The SMILES string of the molecule is O=C(NC[C@@H](c1ccccc1Cl)c1c[nH]c2ccccc12)C1CCC1. The van der Waals surface area contributed by atoms with Crippen molar-refractivity contribution in [1.82, 2.24) is 10.3 Å². The first-order chi connectivity index (χ1) is 12.2. The van der Waals surface area contributed by atoms with E-state index < -0.39 is 0 Å². The Morgan fingerprint density at radius 2 is 1.88 bits per heavy atom. The highest BCUT2D eigenvalue weighted by Gasteiger charge is 2.27. The number of halogens is 1. The van der Waals surface area contributed by atoms with Crippen LogP contribution in [0.1, 0.15) is 36.3 Å². The van der Waals surface area contributed by atoms with Gasteiger partial charge in [-0.05, 0) is 36.1 Å². The number of hydrogen-bond acceptors (Lipinski definition) is 1. The van der Waals surface area contributed by atoms with Gasteiger partial charge in [0.15, 0.2) is 0 Å². The van der Waals surface area contributed by atoms with E-state index in [1.165, 1.54) is 5.39 Å². The summed E-state index contributed by atoms with van der Waals surface area (Å²) in [6.45, 7) is 0.556. The number of rotatable bonds is 5. The molecule has 0 spiro atoms. The Morgan fingerprint density at radius 3 is 2.64 bits per heavy atom. The number of aromatic nitrogens is 1. The Balaban J connectivity index is 1.68. The number of aromatic amines is 1. The van der Waals surface area contributed by atoms with Gasteiger partial charge in [0.25, 0.3) is 0 Å². The van der Waals surface area contributed by atoms with Gasteiger partial charge in [-0.3, -0.25) is 4.79 Å². The highest BCUT2D eigenvalue weighted by molar-refractivity contribution is 6.31. The Hall–Kier alpha value is -2.26. The Labute approximate surface area is 152 Å². The average molecular weight is 353 g/mol. The van der Waals surface area contributed by atoms with Crippen molar-refractivity contribution >= 4 is 28.4 Å². The lowest BCUT2D eigenvalue weighted by atomic mass is 9.84. The van der Waals surface area contributed by atoms with Gasteiger partial charge in [-0.2, -0.15) is 0 Å². The highest BCUT2D eigenvalue weighted by atomic mass is 35.5. The molecule has 1 aromatic heterocycles. The molecule has 1 amide bonds. The predicted molar refractivity (Wildman–Crippen MR) is 102 cm³/mol. The molecule has 1 atom stereocenters. The van der Waals surface area contributed by atoms with Crippen LogP contribution in [0.15, 0.2) is 54.7 Å². The van der Waals surface area contributed by atoms with E-state index >= 15 is 0 Å². The molecule has 2 N–H and O–H groups in total. The standard InChI is InChI=1S/C21H21ClN2O/c22-19-10-3-1-8-15(19)17(13-24-21(25)14-6-5-7-14)18-12-23-20-11-4-2-9-16(18)20/h1-4,8-12,14,17,23H,5-7,13H2,(H,24,25)/t17-/m0/s1. The van der Waals surface area contributed by atoms with Crippen LogP contribution in [-0.4, -0.2) is 17.4 Å². The molecule has 3 nitrogen and oxygen atoms in total. The minimum atomic E-state index is 0.0221. The first-order valence-electron chi connectivity index (χ1n) is 8.82. The summed E-state index contributed by atoms with van der Waals surface area (Å²) in [6.07, 6.45) is 5.22. The van der Waals surface area contributed by atoms with Crippen molar-refractivity contribution in [3.05, 3.63) is 70.9 Å². The van der Waals surface area contributed by atoms with Crippen LogP contribution in [-0.2, 0) is 4.79 Å². The number of hydrogen-bond donors (Lipinski definition) is 2. The van der Waals surface area contributed by atoms with Crippen molar-refractivity contribution in [2.24, 2.45) is 5.92 Å². The van der Waals surface area contributed by atoms with Gasteiger partial charge in [-0.15, -0.1) is 0 Å². The summed E-state index contributed by atoms with van der Waals surface area (Å²) in [6, 6.07) is 16.1. The molecular formula is C21H21ClN2O. The maximum absolute atomic E-state index is 12.3. The fourth-order valence-electron chi connectivity index (χ4n) is 3.54. The highest BCUT2D eigenvalue weighted by Crippen LogP contribution is 2.34. The second-order valence-electron chi connectivity index (χ2n) is 6.74. The van der Waals surface area contributed by atoms with E-state index in [1.54, 1.807) is 0 Å². The second-order valence-corrected chi connectivity index (χ2v) is 7.14. The van der Waals surface area contributed by atoms with E-state index in [2.05, 4.69) is 22.4 Å². The number of carbonyl (C=O) groups is 1. The van der Waals surface area contributed by atoms with E-state index in [0.717, 1.165) is 40.9 Å². The zero-order chi connectivity index (χ0) is 17.2. The van der Waals surface area contributed by atoms with E-state index in [-0.39, 0.29) is 17.7 Å². The van der Waals surface area contributed by atoms with Crippen LogP contribution in [0.4, 0.5) is 0 Å². The van der Waals surface area contributed by atoms with E-state index in [9.17, 15) is 4.79 Å². The lowest BCUT2D eigenvalue weighted by molar-refractivity contribution is -0.127. The molecule has 1 heterocycles. The molecular weight excluding hydrogens is 332 g/mol. The molecule has 0 aliphatic heterocycles. The molecule has 25 heavy (non-hydrogen) atoms. The molecule has 4 rings (SSSR count). The van der Waals surface area contributed by atoms with Crippen molar-refractivity contribution in [1.29, 1.82) is 0 Å². The third-order valence-corrected chi connectivity index (χ3v) is 5.58. The molecule has 128 valence electrons. The average Bonchev–Trinajstić information content (AvgIpc) is 2.99. The van der Waals surface area contributed by atoms with Crippen LogP contribution in [0.25, 0.3) is 10.9 Å². The largest absolute Gasteiger partial charge is 0.361 e. The van der Waals surface area contributed by atoms with Gasteiger partial charge in [-0.1, -0.05) is 54.4 Å². The molecule has 1 saturated carbocycles. The fraction of sp³-hybridized carbons (Fsp3) is 0.286. The van der Waals surface area contributed by atoms with Gasteiger partial charge in [0.2, 0.25) is 5.91 Å². The number of para-hydroxylation sites is 1. The van der Waals surface area contributed by atoms with Crippen molar-refractivity contribution in [3.8, 4) is 0 Å². The van der Waals surface area contributed by atoms with E-state index in [1.807, 2.05) is 42.6 Å². The maximum atomic E-state index is 12.3. The Kier molecular flexibility index (Phi) is 4.50. The fourth-order valence-corrected chi connectivity index (χ4v) is 3.81. The minimum Gasteiger partial charge on any atom is -0.361 e. The van der Waals surface area contributed by atoms with Gasteiger partial charge in [-0.25, -0.2) is 0 Å². The molecule has 4 heteroatoms. The third kappa shape index (κ3) is 3.16. The Bertz CT molecular complexity index is 898. The van der Waals surface area contributed by atoms with Crippen LogP contribution in [0.2, 0.25) is 5.02 Å². The summed E-state index contributed by atoms with van der Waals surface area (Å²) < 4.78 is 0. The van der Waals surface area contributed by atoms with Crippen molar-refractivity contribution in [2.75, 3.05) is 6.54 Å². The molecule has 2 aromatic carbocycles. The topological polar surface area (TPSA) is 44.9 Å². The molecule has 1 aliphatic carbocycles. The third-order valence-electron chi connectivity index (χ3n) is 5.23. The predicted octanol–water partition coefficient (Wildman–Crippen LogP) is 4.87. The van der Waals surface area contributed by atoms with Crippen molar-refractivity contribution in [2.45, 2.75) is 25.2 Å². The molecule has 3 aromatic rings. The summed E-state index contributed by atoms with van der Waals surface area (Å²) in [5.74, 6) is 0.381. The lowest BCUT2D eigenvalue weighted by Gasteiger charge is -2.26. The quantitative estimate of drug-likeness (QED) is 0.676. The van der Waals surface area contributed by atoms with Gasteiger partial charge in [0, 0.05) is 40.5 Å². The lowest BCUT2D eigenvalue weighted by Crippen LogP contribution is -2.37. The summed E-state index contributed by atoms with van der Waals surface area (Å²) in [4.78, 5) is 15.7. The molecule has 0 saturated heterocycles. The molecule has 0 radical (unpaired) electrons. The van der Waals surface area contributed by atoms with Crippen molar-refractivity contribution in [3.63, 3.8) is 0 Å². The Morgan fingerprint density at radius 1 is 1.12 bits per heavy atom. The maximum Gasteiger partial charge on any atom is 0.223 e. The zero-order valence-electron chi connectivity index (χ0n) is 14.0. The number of benzene rings is 2. The summed E-state index contributed by atoms with van der Waals surface area (Å²) >= 11 is 6.48. The van der Waals surface area contributed by atoms with Gasteiger partial charge >= 0.3 is 0 Å². The van der Waals surface area contributed by atoms with Crippen LogP contribution >= 0.6 is 11.6 Å². The first-order valence-corrected chi connectivity index (χ1v) is 9.20. The summed E-state index contributed by atoms with van der Waals surface area (Å²) in [7, 11) is 0. The summed E-state index contributed by atoms with van der Waals surface area (Å²) in [5.41, 5.74) is 3.31. The van der Waals surface area contributed by atoms with E-state index in [0.29, 0.717) is 6.54 Å². The van der Waals surface area contributed by atoms with Crippen LogP contribution in [0.3, 0.4) is 0 Å². The number of carbonyl (C=O) groups excluding carboxylic acids is 1. The zero-order valence-corrected chi connectivity index (χ0v) is 14.7. The van der Waals surface area contributed by atoms with Gasteiger partial charge in [0.1, 0.15) is 0 Å². The molecule has 1 aliphatic rings. The number of H-pyrrole nitrogens is 1. The minimum absolute atomic E-state index is 0.0221. The van der Waals surface area contributed by atoms with Gasteiger partial charge < -0.3 is 10.3 Å². The molecule has 0 bridgehead atoms. The first kappa shape index (κ1) is 16.2. The number of nitrogens with one attached hydrogen (secondary N) is 2. The molecule has 0 unspecified atom stereocenters.